The van der Waals surface area contributed by atoms with E-state index in [2.05, 4.69) is 47.7 Å². The smallest absolute Gasteiger partial charge is 0.275 e. The van der Waals surface area contributed by atoms with Crippen LogP contribution in [0, 0.1) is 0 Å². The molecule has 0 saturated heterocycles. The summed E-state index contributed by atoms with van der Waals surface area (Å²) in [6, 6.07) is 17.6. The first-order valence-electron chi connectivity index (χ1n) is 11.4. The summed E-state index contributed by atoms with van der Waals surface area (Å²) in [5.41, 5.74) is 7.68. The van der Waals surface area contributed by atoms with Gasteiger partial charge in [-0.15, -0.1) is 0 Å². The molecule has 1 aliphatic carbocycles. The number of hydrogen-bond donors (Lipinski definition) is 2. The molecule has 32 heavy (non-hydrogen) atoms. The molecule has 0 saturated carbocycles. The van der Waals surface area contributed by atoms with E-state index < -0.39 is 5.91 Å². The highest BCUT2D eigenvalue weighted by atomic mass is 16.3. The Kier molecular flexibility index (Phi) is 6.86. The Morgan fingerprint density at radius 3 is 2.47 bits per heavy atom. The molecule has 5 nitrogen and oxygen atoms in total. The molecule has 0 bridgehead atoms. The lowest BCUT2D eigenvalue weighted by Gasteiger charge is -2.18. The summed E-state index contributed by atoms with van der Waals surface area (Å²) in [5, 5.41) is 16.7. The van der Waals surface area contributed by atoms with Crippen LogP contribution in [0.4, 0.5) is 0 Å². The van der Waals surface area contributed by atoms with Gasteiger partial charge in [0, 0.05) is 0 Å². The number of nitrogens with zero attached hydrogens (tertiary/aromatic N) is 2. The molecule has 4 rings (SSSR count). The molecule has 0 unspecified atom stereocenters. The highest BCUT2D eigenvalue weighted by molar-refractivity contribution is 6.04. The first-order chi connectivity index (χ1) is 15.5. The third-order valence-electron chi connectivity index (χ3n) is 6.10. The second-order valence-electron chi connectivity index (χ2n) is 8.81. The summed E-state index contributed by atoms with van der Waals surface area (Å²) in [7, 11) is 4.11. The third kappa shape index (κ3) is 5.17. The zero-order valence-corrected chi connectivity index (χ0v) is 18.9. The van der Waals surface area contributed by atoms with Crippen LogP contribution in [0.3, 0.4) is 0 Å². The minimum Gasteiger partial charge on any atom is -0.507 e. The summed E-state index contributed by atoms with van der Waals surface area (Å²) in [5.74, 6) is -0.448. The topological polar surface area (TPSA) is 64.9 Å². The van der Waals surface area contributed by atoms with Crippen LogP contribution in [0.1, 0.15) is 52.7 Å². The van der Waals surface area contributed by atoms with Crippen molar-refractivity contribution in [2.24, 2.45) is 5.10 Å². The van der Waals surface area contributed by atoms with Crippen LogP contribution < -0.4 is 5.43 Å². The van der Waals surface area contributed by atoms with Gasteiger partial charge in [0.25, 0.3) is 5.91 Å². The summed E-state index contributed by atoms with van der Waals surface area (Å²) in [6.45, 7) is 0.948. The van der Waals surface area contributed by atoms with Gasteiger partial charge in [0.05, 0.1) is 11.3 Å². The average molecular weight is 430 g/mol. The zero-order chi connectivity index (χ0) is 22.5. The fourth-order valence-corrected chi connectivity index (χ4v) is 4.33. The van der Waals surface area contributed by atoms with Crippen molar-refractivity contribution in [1.29, 1.82) is 0 Å². The largest absolute Gasteiger partial charge is 0.507 e. The Bertz CT molecular complexity index is 1150. The van der Waals surface area contributed by atoms with E-state index in [1.54, 1.807) is 12.1 Å². The normalized spacial score (nSPS) is 13.9. The van der Waals surface area contributed by atoms with E-state index in [9.17, 15) is 9.90 Å². The van der Waals surface area contributed by atoms with Gasteiger partial charge in [-0.1, -0.05) is 36.4 Å². The summed E-state index contributed by atoms with van der Waals surface area (Å²) >= 11 is 0. The minimum atomic E-state index is -0.406. The van der Waals surface area contributed by atoms with Crippen LogP contribution in [-0.4, -0.2) is 42.3 Å². The van der Waals surface area contributed by atoms with Crippen molar-refractivity contribution in [2.45, 2.75) is 38.5 Å². The number of hydrogen-bond acceptors (Lipinski definition) is 4. The number of benzene rings is 3. The van der Waals surface area contributed by atoms with E-state index in [-0.39, 0.29) is 11.3 Å². The third-order valence-corrected chi connectivity index (χ3v) is 6.10. The van der Waals surface area contributed by atoms with Crippen molar-refractivity contribution in [3.8, 4) is 5.75 Å². The number of aryl methyl sites for hydroxylation is 2. The lowest BCUT2D eigenvalue weighted by Crippen LogP contribution is -2.21. The van der Waals surface area contributed by atoms with E-state index in [1.165, 1.54) is 24.0 Å². The predicted octanol–water partition coefficient (Wildman–Crippen LogP) is 4.90. The van der Waals surface area contributed by atoms with E-state index in [1.807, 2.05) is 24.3 Å². The number of carbonyl (C=O) groups is 1. The second-order valence-corrected chi connectivity index (χ2v) is 8.81. The summed E-state index contributed by atoms with van der Waals surface area (Å²) in [4.78, 5) is 15.0. The van der Waals surface area contributed by atoms with Crippen LogP contribution in [0.25, 0.3) is 10.8 Å². The van der Waals surface area contributed by atoms with Crippen molar-refractivity contribution in [3.05, 3.63) is 76.9 Å². The van der Waals surface area contributed by atoms with Gasteiger partial charge in [0.2, 0.25) is 0 Å². The summed E-state index contributed by atoms with van der Waals surface area (Å²) in [6.07, 6.45) is 6.43. The molecular weight excluding hydrogens is 398 g/mol. The van der Waals surface area contributed by atoms with Gasteiger partial charge < -0.3 is 10.0 Å². The maximum atomic E-state index is 12.9. The molecule has 1 amide bonds. The second kappa shape index (κ2) is 9.96. The highest BCUT2D eigenvalue weighted by Gasteiger charge is 2.15. The molecular formula is C27H31N3O2. The Morgan fingerprint density at radius 1 is 1.00 bits per heavy atom. The fraction of sp³-hybridized carbons (Fsp3) is 0.333. The Balaban J connectivity index is 1.59. The molecule has 2 N–H and O–H groups in total. The van der Waals surface area contributed by atoms with Crippen molar-refractivity contribution in [1.82, 2.24) is 10.3 Å². The molecule has 1 aliphatic rings. The number of hydrazone groups is 1. The average Bonchev–Trinajstić information content (AvgIpc) is 2.80. The molecule has 5 heteroatoms. The van der Waals surface area contributed by atoms with Gasteiger partial charge in [-0.3, -0.25) is 4.79 Å². The SMILES string of the molecule is CN(C)CCC/C(=N\NC(=O)c1cc2ccccc2cc1O)c1ccc2c(c1)CCCC2. The molecule has 3 aromatic rings. The number of phenols is 1. The Labute approximate surface area is 189 Å². The number of rotatable bonds is 7. The number of carbonyl (C=O) groups excluding carboxylic acids is 1. The first kappa shape index (κ1) is 22.0. The first-order valence-corrected chi connectivity index (χ1v) is 11.4. The van der Waals surface area contributed by atoms with Gasteiger partial charge in [0.1, 0.15) is 5.75 Å². The monoisotopic (exact) mass is 429 g/mol. The standard InChI is InChI=1S/C27H31N3O2/c1-30(2)15-7-12-25(23-14-13-19-8-3-4-9-20(19)16-23)28-29-27(32)24-17-21-10-5-6-11-22(21)18-26(24)31/h5-6,10-11,13-14,16-18,31H,3-4,7-9,12,15H2,1-2H3,(H,29,32)/b28-25+. The van der Waals surface area contributed by atoms with Gasteiger partial charge in [-0.25, -0.2) is 5.43 Å². The molecule has 0 heterocycles. The molecule has 166 valence electrons. The highest BCUT2D eigenvalue weighted by Crippen LogP contribution is 2.25. The summed E-state index contributed by atoms with van der Waals surface area (Å²) < 4.78 is 0. The van der Waals surface area contributed by atoms with Gasteiger partial charge in [-0.2, -0.15) is 5.10 Å². The van der Waals surface area contributed by atoms with Crippen LogP contribution in [0.5, 0.6) is 5.75 Å². The Hall–Kier alpha value is -3.18. The van der Waals surface area contributed by atoms with E-state index in [4.69, 9.17) is 0 Å². The van der Waals surface area contributed by atoms with Gasteiger partial charge in [-0.05, 0) is 105 Å². The lowest BCUT2D eigenvalue weighted by atomic mass is 9.89. The van der Waals surface area contributed by atoms with Crippen LogP contribution in [0.2, 0.25) is 0 Å². The number of aromatic hydroxyl groups is 1. The number of fused-ring (bicyclic) bond motifs is 2. The maximum Gasteiger partial charge on any atom is 0.275 e. The Morgan fingerprint density at radius 2 is 1.72 bits per heavy atom. The number of nitrogens with one attached hydrogen (secondary N) is 1. The van der Waals surface area contributed by atoms with Crippen LogP contribution in [-0.2, 0) is 12.8 Å². The van der Waals surface area contributed by atoms with Crippen molar-refractivity contribution in [2.75, 3.05) is 20.6 Å². The quantitative estimate of drug-likeness (QED) is 0.415. The van der Waals surface area contributed by atoms with Gasteiger partial charge in [0.15, 0.2) is 0 Å². The lowest BCUT2D eigenvalue weighted by molar-refractivity contribution is 0.0952. The minimum absolute atomic E-state index is 0.0423. The van der Waals surface area contributed by atoms with Gasteiger partial charge >= 0.3 is 0 Å². The molecule has 0 atom stereocenters. The molecule has 0 radical (unpaired) electrons. The molecule has 0 aliphatic heterocycles. The molecule has 0 fully saturated rings. The maximum absolute atomic E-state index is 12.9. The molecule has 0 spiro atoms. The zero-order valence-electron chi connectivity index (χ0n) is 18.9. The van der Waals surface area contributed by atoms with Crippen molar-refractivity contribution in [3.63, 3.8) is 0 Å². The fourth-order valence-electron chi connectivity index (χ4n) is 4.33. The van der Waals surface area contributed by atoms with Crippen molar-refractivity contribution < 1.29 is 9.90 Å². The molecule has 3 aromatic carbocycles. The van der Waals surface area contributed by atoms with Crippen molar-refractivity contribution >= 4 is 22.4 Å². The van der Waals surface area contributed by atoms with Crippen LogP contribution in [0.15, 0.2) is 59.7 Å². The van der Waals surface area contributed by atoms with Crippen LogP contribution >= 0.6 is 0 Å². The predicted molar refractivity (Wildman–Crippen MR) is 130 cm³/mol. The van der Waals surface area contributed by atoms with E-state index in [0.717, 1.165) is 54.3 Å². The van der Waals surface area contributed by atoms with E-state index >= 15 is 0 Å². The molecule has 0 aromatic heterocycles. The number of phenolic OH excluding ortho intramolecular Hbond substituents is 1. The number of amides is 1. The van der Waals surface area contributed by atoms with E-state index in [0.29, 0.717) is 0 Å².